The number of rotatable bonds is 3. The van der Waals surface area contributed by atoms with E-state index in [4.69, 9.17) is 4.42 Å². The van der Waals surface area contributed by atoms with Crippen LogP contribution in [0.1, 0.15) is 38.0 Å². The summed E-state index contributed by atoms with van der Waals surface area (Å²) in [5.74, 6) is -1.23. The average molecular weight is 347 g/mol. The van der Waals surface area contributed by atoms with Crippen molar-refractivity contribution in [2.24, 2.45) is 11.8 Å². The van der Waals surface area contributed by atoms with Crippen LogP contribution in [-0.2, 0) is 11.2 Å². The lowest BCUT2D eigenvalue weighted by atomic mass is 9.75. The molecule has 2 heterocycles. The number of nitrogens with zero attached hydrogens (tertiary/aromatic N) is 2. The fraction of sp³-hybridized carbons (Fsp3) is 0.500. The number of piperidine rings is 1. The van der Waals surface area contributed by atoms with Gasteiger partial charge in [0.2, 0.25) is 11.8 Å². The number of fused-ring (bicyclic) bond motifs is 1. The first-order valence-electron chi connectivity index (χ1n) is 8.69. The number of amides is 1. The van der Waals surface area contributed by atoms with E-state index in [9.17, 15) is 13.6 Å². The third kappa shape index (κ3) is 3.15. The number of carbonyl (C=O) groups is 1. The van der Waals surface area contributed by atoms with E-state index in [-0.39, 0.29) is 41.6 Å². The Hall–Kier alpha value is -2.31. The third-order valence-corrected chi connectivity index (χ3v) is 5.26. The van der Waals surface area contributed by atoms with Gasteiger partial charge in [-0.1, -0.05) is 18.9 Å². The van der Waals surface area contributed by atoms with Crippen molar-refractivity contribution in [1.82, 2.24) is 15.5 Å². The molecule has 1 aliphatic heterocycles. The molecule has 0 spiro atoms. The lowest BCUT2D eigenvalue weighted by Crippen LogP contribution is -2.51. The first-order valence-corrected chi connectivity index (χ1v) is 8.69. The second-order valence-electron chi connectivity index (χ2n) is 6.89. The van der Waals surface area contributed by atoms with Crippen LogP contribution in [0.2, 0.25) is 0 Å². The summed E-state index contributed by atoms with van der Waals surface area (Å²) in [6, 6.07) is 3.83. The van der Waals surface area contributed by atoms with Gasteiger partial charge in [0, 0.05) is 18.4 Å². The number of aromatic nitrogens is 2. The minimum Gasteiger partial charge on any atom is -0.420 e. The molecule has 1 saturated carbocycles. The van der Waals surface area contributed by atoms with Crippen LogP contribution in [0.5, 0.6) is 0 Å². The molecular weight excluding hydrogens is 328 g/mol. The molecule has 1 aromatic carbocycles. The van der Waals surface area contributed by atoms with Crippen molar-refractivity contribution in [3.05, 3.63) is 35.7 Å². The van der Waals surface area contributed by atoms with Gasteiger partial charge in [0.25, 0.3) is 5.89 Å². The summed E-state index contributed by atoms with van der Waals surface area (Å²) in [5.41, 5.74) is -0.332. The molecule has 4 rings (SSSR count). The molecule has 7 heteroatoms. The lowest BCUT2D eigenvalue weighted by molar-refractivity contribution is -0.130. The van der Waals surface area contributed by atoms with Gasteiger partial charge in [-0.25, -0.2) is 8.78 Å². The van der Waals surface area contributed by atoms with Crippen LogP contribution >= 0.6 is 0 Å². The standard InChI is InChI=1S/C18H19F2N3O2/c19-12-5-3-6-13(20)16(12)18-23-22-15(25-18)9-11-8-10-4-1-2-7-14(10)21-17(11)24/h3,5-6,10-11,14H,1-2,4,7-9H2,(H,21,24). The maximum atomic E-state index is 13.8. The van der Waals surface area contributed by atoms with E-state index in [2.05, 4.69) is 15.5 Å². The molecule has 3 atom stereocenters. The second kappa shape index (κ2) is 6.54. The van der Waals surface area contributed by atoms with E-state index in [0.717, 1.165) is 37.8 Å². The Bertz CT molecular complexity index is 772. The van der Waals surface area contributed by atoms with Crippen LogP contribution in [0.3, 0.4) is 0 Å². The predicted octanol–water partition coefficient (Wildman–Crippen LogP) is 3.25. The molecule has 3 unspecified atom stereocenters. The summed E-state index contributed by atoms with van der Waals surface area (Å²) < 4.78 is 33.1. The van der Waals surface area contributed by atoms with Crippen LogP contribution in [-0.4, -0.2) is 22.1 Å². The summed E-state index contributed by atoms with van der Waals surface area (Å²) in [7, 11) is 0. The molecular formula is C18H19F2N3O2. The Morgan fingerprint density at radius 1 is 1.16 bits per heavy atom. The minimum atomic E-state index is -0.754. The highest BCUT2D eigenvalue weighted by Crippen LogP contribution is 2.34. The zero-order chi connectivity index (χ0) is 17.4. The molecule has 25 heavy (non-hydrogen) atoms. The number of hydrogen-bond acceptors (Lipinski definition) is 4. The fourth-order valence-corrected chi connectivity index (χ4v) is 3.98. The summed E-state index contributed by atoms with van der Waals surface area (Å²) >= 11 is 0. The summed E-state index contributed by atoms with van der Waals surface area (Å²) in [5, 5.41) is 10.7. The Morgan fingerprint density at radius 3 is 2.72 bits per heavy atom. The normalized spacial score (nSPS) is 26.2. The number of benzene rings is 1. The molecule has 1 aromatic heterocycles. The molecule has 2 aliphatic rings. The summed E-state index contributed by atoms with van der Waals surface area (Å²) in [6.45, 7) is 0. The molecule has 2 fully saturated rings. The lowest BCUT2D eigenvalue weighted by Gasteiger charge is -2.39. The van der Waals surface area contributed by atoms with Crippen molar-refractivity contribution in [2.75, 3.05) is 0 Å². The van der Waals surface area contributed by atoms with Gasteiger partial charge >= 0.3 is 0 Å². The first kappa shape index (κ1) is 16.2. The van der Waals surface area contributed by atoms with Crippen LogP contribution in [0.15, 0.2) is 22.6 Å². The molecule has 1 amide bonds. The van der Waals surface area contributed by atoms with E-state index in [1.165, 1.54) is 12.5 Å². The van der Waals surface area contributed by atoms with Crippen molar-refractivity contribution in [3.63, 3.8) is 0 Å². The summed E-state index contributed by atoms with van der Waals surface area (Å²) in [4.78, 5) is 12.3. The Balaban J connectivity index is 1.50. The van der Waals surface area contributed by atoms with Gasteiger partial charge in [-0.2, -0.15) is 0 Å². The van der Waals surface area contributed by atoms with Gasteiger partial charge in [-0.3, -0.25) is 4.79 Å². The molecule has 0 bridgehead atoms. The van der Waals surface area contributed by atoms with E-state index < -0.39 is 11.6 Å². The zero-order valence-corrected chi connectivity index (χ0v) is 13.7. The van der Waals surface area contributed by atoms with Gasteiger partial charge < -0.3 is 9.73 Å². The van der Waals surface area contributed by atoms with Gasteiger partial charge in [-0.15, -0.1) is 10.2 Å². The SMILES string of the molecule is O=C1NC2CCCCC2CC1Cc1nnc(-c2c(F)cccc2F)o1. The number of hydrogen-bond donors (Lipinski definition) is 1. The molecule has 2 aromatic rings. The summed E-state index contributed by atoms with van der Waals surface area (Å²) in [6.07, 6.45) is 5.60. The van der Waals surface area contributed by atoms with Crippen LogP contribution in [0.25, 0.3) is 11.5 Å². The minimum absolute atomic E-state index is 0.0000257. The maximum absolute atomic E-state index is 13.8. The average Bonchev–Trinajstić information content (AvgIpc) is 3.03. The van der Waals surface area contributed by atoms with Crippen molar-refractivity contribution < 1.29 is 18.0 Å². The highest BCUT2D eigenvalue weighted by atomic mass is 19.1. The topological polar surface area (TPSA) is 68.0 Å². The van der Waals surface area contributed by atoms with E-state index in [0.29, 0.717) is 5.92 Å². The molecule has 5 nitrogen and oxygen atoms in total. The second-order valence-corrected chi connectivity index (χ2v) is 6.89. The van der Waals surface area contributed by atoms with Gasteiger partial charge in [0.05, 0.1) is 0 Å². The largest absolute Gasteiger partial charge is 0.420 e. The van der Waals surface area contributed by atoms with Crippen molar-refractivity contribution >= 4 is 5.91 Å². The third-order valence-electron chi connectivity index (χ3n) is 5.26. The van der Waals surface area contributed by atoms with Gasteiger partial charge in [0.1, 0.15) is 17.2 Å². The quantitative estimate of drug-likeness (QED) is 0.925. The number of carbonyl (C=O) groups excluding carboxylic acids is 1. The monoisotopic (exact) mass is 347 g/mol. The molecule has 132 valence electrons. The van der Waals surface area contributed by atoms with Crippen molar-refractivity contribution in [3.8, 4) is 11.5 Å². The molecule has 1 N–H and O–H groups in total. The van der Waals surface area contributed by atoms with E-state index in [1.807, 2.05) is 0 Å². The van der Waals surface area contributed by atoms with Crippen LogP contribution in [0.4, 0.5) is 8.78 Å². The molecule has 1 saturated heterocycles. The first-order chi connectivity index (χ1) is 12.1. The van der Waals surface area contributed by atoms with Crippen LogP contribution in [0, 0.1) is 23.5 Å². The number of nitrogens with one attached hydrogen (secondary N) is 1. The molecule has 1 aliphatic carbocycles. The number of halogens is 2. The predicted molar refractivity (Wildman–Crippen MR) is 85.3 cm³/mol. The Labute approximate surface area is 143 Å². The Morgan fingerprint density at radius 2 is 1.92 bits per heavy atom. The zero-order valence-electron chi connectivity index (χ0n) is 13.7. The Kier molecular flexibility index (Phi) is 4.23. The van der Waals surface area contributed by atoms with Crippen molar-refractivity contribution in [1.29, 1.82) is 0 Å². The van der Waals surface area contributed by atoms with E-state index >= 15 is 0 Å². The smallest absolute Gasteiger partial charge is 0.253 e. The maximum Gasteiger partial charge on any atom is 0.253 e. The van der Waals surface area contributed by atoms with Gasteiger partial charge in [-0.05, 0) is 37.3 Å². The fourth-order valence-electron chi connectivity index (χ4n) is 3.98. The van der Waals surface area contributed by atoms with Gasteiger partial charge in [0.15, 0.2) is 0 Å². The molecule has 0 radical (unpaired) electrons. The van der Waals surface area contributed by atoms with Crippen molar-refractivity contribution in [2.45, 2.75) is 44.6 Å². The highest BCUT2D eigenvalue weighted by Gasteiger charge is 2.37. The highest BCUT2D eigenvalue weighted by molar-refractivity contribution is 5.80. The van der Waals surface area contributed by atoms with Crippen LogP contribution < -0.4 is 5.32 Å². The van der Waals surface area contributed by atoms with E-state index in [1.54, 1.807) is 0 Å².